The van der Waals surface area contributed by atoms with Gasteiger partial charge in [-0.15, -0.1) is 0 Å². The number of fused-ring (bicyclic) bond motifs is 2. The summed E-state index contributed by atoms with van der Waals surface area (Å²) in [6, 6.07) is 15.5. The Bertz CT molecular complexity index is 1230. The third kappa shape index (κ3) is 3.29. The summed E-state index contributed by atoms with van der Waals surface area (Å²) in [4.78, 5) is 21.3. The first-order chi connectivity index (χ1) is 14.7. The molecule has 0 spiro atoms. The van der Waals surface area contributed by atoms with Gasteiger partial charge in [0.05, 0.1) is 24.5 Å². The van der Waals surface area contributed by atoms with Crippen molar-refractivity contribution in [1.29, 1.82) is 0 Å². The fraction of sp³-hybridized carbons (Fsp3) is 0.174. The summed E-state index contributed by atoms with van der Waals surface area (Å²) in [5.74, 6) is 1.23. The Morgan fingerprint density at radius 3 is 2.77 bits per heavy atom. The van der Waals surface area contributed by atoms with Gasteiger partial charge >= 0.3 is 0 Å². The molecule has 1 amide bonds. The van der Waals surface area contributed by atoms with E-state index in [0.29, 0.717) is 48.7 Å². The van der Waals surface area contributed by atoms with Gasteiger partial charge < -0.3 is 20.2 Å². The number of rotatable bonds is 5. The van der Waals surface area contributed by atoms with Crippen LogP contribution in [0.1, 0.15) is 27.2 Å². The second kappa shape index (κ2) is 7.61. The molecule has 4 aromatic rings. The van der Waals surface area contributed by atoms with Crippen LogP contribution in [-0.4, -0.2) is 22.5 Å². The van der Waals surface area contributed by atoms with E-state index in [0.717, 1.165) is 28.0 Å². The molecule has 5 rings (SSSR count). The predicted octanol–water partition coefficient (Wildman–Crippen LogP) is 3.67. The minimum atomic E-state index is -0.498. The number of primary amides is 1. The van der Waals surface area contributed by atoms with Gasteiger partial charge in [0.1, 0.15) is 12.1 Å². The van der Waals surface area contributed by atoms with E-state index < -0.39 is 5.91 Å². The van der Waals surface area contributed by atoms with Gasteiger partial charge in [0.2, 0.25) is 5.91 Å². The van der Waals surface area contributed by atoms with Crippen LogP contribution in [0, 0.1) is 0 Å². The molecule has 1 aliphatic rings. The largest absolute Gasteiger partial charge is 0.460 e. The van der Waals surface area contributed by atoms with Crippen molar-refractivity contribution >= 4 is 22.5 Å². The van der Waals surface area contributed by atoms with E-state index >= 15 is 0 Å². The standard InChI is InChI=1S/C23H20N4O3/c24-21(28)16-8-4-7-15-17(16)13-30-20(15)23-26-19-9-10-29-12-18(19)22(27-23)25-11-14-5-2-1-3-6-14/h1-8,13H,9-12H2,(H2,24,28)(H,25,26,27). The highest BCUT2D eigenvalue weighted by atomic mass is 16.5. The summed E-state index contributed by atoms with van der Waals surface area (Å²) >= 11 is 0. The molecule has 0 unspecified atom stereocenters. The zero-order chi connectivity index (χ0) is 20.5. The lowest BCUT2D eigenvalue weighted by Crippen LogP contribution is -2.17. The molecule has 2 aromatic carbocycles. The molecule has 3 N–H and O–H groups in total. The maximum absolute atomic E-state index is 11.8. The summed E-state index contributed by atoms with van der Waals surface area (Å²) in [5.41, 5.74) is 8.98. The topological polar surface area (TPSA) is 103 Å². The molecule has 0 fully saturated rings. The third-order valence-electron chi connectivity index (χ3n) is 5.24. The Labute approximate surface area is 172 Å². The van der Waals surface area contributed by atoms with Crippen molar-refractivity contribution < 1.29 is 13.9 Å². The Morgan fingerprint density at radius 1 is 1.07 bits per heavy atom. The summed E-state index contributed by atoms with van der Waals surface area (Å²) in [5, 5.41) is 4.83. The summed E-state index contributed by atoms with van der Waals surface area (Å²) in [6.45, 7) is 1.72. The lowest BCUT2D eigenvalue weighted by atomic mass is 10.1. The molecule has 0 atom stereocenters. The number of nitrogens with one attached hydrogen (secondary N) is 1. The average molecular weight is 400 g/mol. The van der Waals surface area contributed by atoms with Crippen molar-refractivity contribution in [3.8, 4) is 11.6 Å². The van der Waals surface area contributed by atoms with Gasteiger partial charge in [0.25, 0.3) is 0 Å². The molecule has 7 heteroatoms. The van der Waals surface area contributed by atoms with Crippen molar-refractivity contribution in [1.82, 2.24) is 9.97 Å². The molecule has 0 aliphatic carbocycles. The molecular weight excluding hydrogens is 380 g/mol. The Kier molecular flexibility index (Phi) is 4.65. The highest BCUT2D eigenvalue weighted by Gasteiger charge is 2.22. The van der Waals surface area contributed by atoms with Gasteiger partial charge in [0.15, 0.2) is 11.6 Å². The fourth-order valence-corrected chi connectivity index (χ4v) is 3.72. The highest BCUT2D eigenvalue weighted by molar-refractivity contribution is 6.08. The number of anilines is 1. The third-order valence-corrected chi connectivity index (χ3v) is 5.24. The van der Waals surface area contributed by atoms with Crippen LogP contribution in [0.3, 0.4) is 0 Å². The molecule has 2 aromatic heterocycles. The zero-order valence-corrected chi connectivity index (χ0v) is 16.2. The van der Waals surface area contributed by atoms with E-state index in [9.17, 15) is 4.79 Å². The first-order valence-electron chi connectivity index (χ1n) is 9.76. The van der Waals surface area contributed by atoms with Crippen molar-refractivity contribution in [2.45, 2.75) is 19.6 Å². The number of benzene rings is 2. The molecule has 0 saturated heterocycles. The van der Waals surface area contributed by atoms with E-state index in [4.69, 9.17) is 24.9 Å². The number of carbonyl (C=O) groups is 1. The number of nitrogens with two attached hydrogens (primary N) is 1. The maximum Gasteiger partial charge on any atom is 0.249 e. The number of furan rings is 1. The molecule has 0 saturated carbocycles. The van der Waals surface area contributed by atoms with Crippen LogP contribution in [0.25, 0.3) is 22.4 Å². The van der Waals surface area contributed by atoms with Gasteiger partial charge in [-0.3, -0.25) is 4.79 Å². The van der Waals surface area contributed by atoms with E-state index in [-0.39, 0.29) is 0 Å². The van der Waals surface area contributed by atoms with Crippen LogP contribution in [0.15, 0.2) is 59.2 Å². The van der Waals surface area contributed by atoms with Gasteiger partial charge in [-0.1, -0.05) is 42.5 Å². The van der Waals surface area contributed by atoms with Crippen LogP contribution in [0.5, 0.6) is 0 Å². The predicted molar refractivity (Wildman–Crippen MR) is 113 cm³/mol. The molecule has 3 heterocycles. The zero-order valence-electron chi connectivity index (χ0n) is 16.2. The molecular formula is C23H20N4O3. The smallest absolute Gasteiger partial charge is 0.249 e. The minimum absolute atomic E-state index is 0.413. The number of amides is 1. The van der Waals surface area contributed by atoms with Crippen LogP contribution in [0.2, 0.25) is 0 Å². The van der Waals surface area contributed by atoms with Crippen LogP contribution >= 0.6 is 0 Å². The monoisotopic (exact) mass is 400 g/mol. The minimum Gasteiger partial charge on any atom is -0.460 e. The molecule has 150 valence electrons. The number of nitrogens with zero attached hydrogens (tertiary/aromatic N) is 2. The SMILES string of the molecule is NC(=O)c1cccc2c(-c3nc4c(c(NCc5ccccc5)n3)COCC4)occ12. The second-order valence-corrected chi connectivity index (χ2v) is 7.16. The number of ether oxygens (including phenoxy) is 1. The molecule has 0 bridgehead atoms. The van der Waals surface area contributed by atoms with Crippen molar-refractivity contribution in [2.75, 3.05) is 11.9 Å². The molecule has 30 heavy (non-hydrogen) atoms. The summed E-state index contributed by atoms with van der Waals surface area (Å²) in [7, 11) is 0. The molecule has 0 radical (unpaired) electrons. The van der Waals surface area contributed by atoms with Crippen molar-refractivity contribution in [3.63, 3.8) is 0 Å². The first kappa shape index (κ1) is 18.3. The quantitative estimate of drug-likeness (QED) is 0.530. The number of carbonyl (C=O) groups excluding carboxylic acids is 1. The molecule has 7 nitrogen and oxygen atoms in total. The van der Waals surface area contributed by atoms with E-state index in [1.165, 1.54) is 6.26 Å². The summed E-state index contributed by atoms with van der Waals surface area (Å²) < 4.78 is 11.4. The number of hydrogen-bond donors (Lipinski definition) is 2. The van der Waals surface area contributed by atoms with Gasteiger partial charge in [-0.2, -0.15) is 0 Å². The average Bonchev–Trinajstić information content (AvgIpc) is 3.22. The molecule has 1 aliphatic heterocycles. The van der Waals surface area contributed by atoms with Gasteiger partial charge in [-0.05, 0) is 11.6 Å². The lowest BCUT2D eigenvalue weighted by Gasteiger charge is -2.20. The van der Waals surface area contributed by atoms with Crippen molar-refractivity contribution in [2.24, 2.45) is 5.73 Å². The van der Waals surface area contributed by atoms with Crippen molar-refractivity contribution in [3.05, 3.63) is 77.2 Å². The fourth-order valence-electron chi connectivity index (χ4n) is 3.72. The van der Waals surface area contributed by atoms with Gasteiger partial charge in [0, 0.05) is 29.3 Å². The van der Waals surface area contributed by atoms with Gasteiger partial charge in [-0.25, -0.2) is 9.97 Å². The number of hydrogen-bond acceptors (Lipinski definition) is 6. The van der Waals surface area contributed by atoms with Crippen LogP contribution in [0.4, 0.5) is 5.82 Å². The highest BCUT2D eigenvalue weighted by Crippen LogP contribution is 2.33. The van der Waals surface area contributed by atoms with Crippen LogP contribution < -0.4 is 11.1 Å². The Hall–Kier alpha value is -3.71. The number of aromatic nitrogens is 2. The Morgan fingerprint density at radius 2 is 1.93 bits per heavy atom. The second-order valence-electron chi connectivity index (χ2n) is 7.16. The lowest BCUT2D eigenvalue weighted by molar-refractivity contribution is 0.100. The summed E-state index contributed by atoms with van der Waals surface area (Å²) in [6.07, 6.45) is 2.24. The van der Waals surface area contributed by atoms with E-state index in [1.807, 2.05) is 24.3 Å². The normalized spacial score (nSPS) is 13.2. The Balaban J connectivity index is 1.58. The van der Waals surface area contributed by atoms with Crippen LogP contribution in [-0.2, 0) is 24.3 Å². The van der Waals surface area contributed by atoms with E-state index in [2.05, 4.69) is 17.4 Å². The van der Waals surface area contributed by atoms with E-state index in [1.54, 1.807) is 12.1 Å². The first-order valence-corrected chi connectivity index (χ1v) is 9.76. The maximum atomic E-state index is 11.8.